The third-order valence-electron chi connectivity index (χ3n) is 1.52. The van der Waals surface area contributed by atoms with Crippen LogP contribution in [0.2, 0.25) is 0 Å². The van der Waals surface area contributed by atoms with Crippen LogP contribution in [0.3, 0.4) is 0 Å². The fourth-order valence-electron chi connectivity index (χ4n) is 0.938. The van der Waals surface area contributed by atoms with Gasteiger partial charge in [0.2, 0.25) is 5.69 Å². The molecule has 15 heavy (non-hydrogen) atoms. The average molecular weight is 232 g/mol. The molecule has 0 fully saturated rings. The Morgan fingerprint density at radius 2 is 2.47 bits per heavy atom. The van der Waals surface area contributed by atoms with Crippen LogP contribution in [0, 0.1) is 10.1 Å². The number of nitrogens with zero attached hydrogens (tertiary/aromatic N) is 3. The Labute approximate surface area is 88.7 Å². The van der Waals surface area contributed by atoms with Crippen LogP contribution >= 0.6 is 11.6 Å². The van der Waals surface area contributed by atoms with Crippen molar-refractivity contribution >= 4 is 23.3 Å². The molecule has 0 atom stereocenters. The van der Waals surface area contributed by atoms with Gasteiger partial charge in [0, 0.05) is 5.54 Å². The maximum atomic E-state index is 10.6. The lowest BCUT2D eigenvalue weighted by Gasteiger charge is -1.90. The average Bonchev–Trinajstić information content (AvgIpc) is 2.58. The number of carboxylic acids is 1. The van der Waals surface area contributed by atoms with Gasteiger partial charge in [0.1, 0.15) is 6.20 Å². The Morgan fingerprint density at radius 3 is 2.87 bits per heavy atom. The van der Waals surface area contributed by atoms with Gasteiger partial charge in [-0.15, -0.1) is 0 Å². The standard InChI is InChI=1S/C7H6ClN3O4/c8-2-1-3-10-4-5(11(14)15)6(9-10)7(12)13/h1-2,4H,3H2,(H,12,13)/b2-1+. The van der Waals surface area contributed by atoms with E-state index in [4.69, 9.17) is 16.7 Å². The van der Waals surface area contributed by atoms with E-state index in [-0.39, 0.29) is 6.54 Å². The Bertz CT molecular complexity index is 394. The molecule has 0 saturated carbocycles. The van der Waals surface area contributed by atoms with Crippen molar-refractivity contribution < 1.29 is 14.8 Å². The molecule has 1 aromatic rings. The molecule has 0 aliphatic carbocycles. The monoisotopic (exact) mass is 231 g/mol. The summed E-state index contributed by atoms with van der Waals surface area (Å²) < 4.78 is 1.13. The number of hydrogen-bond acceptors (Lipinski definition) is 4. The third kappa shape index (κ3) is 2.53. The summed E-state index contributed by atoms with van der Waals surface area (Å²) in [6.45, 7) is 0.178. The molecule has 1 aromatic heterocycles. The number of carbonyl (C=O) groups is 1. The summed E-state index contributed by atoms with van der Waals surface area (Å²) in [4.78, 5) is 20.3. The smallest absolute Gasteiger partial charge is 0.363 e. The minimum absolute atomic E-state index is 0.178. The first-order valence-electron chi connectivity index (χ1n) is 3.76. The molecule has 0 radical (unpaired) electrons. The highest BCUT2D eigenvalue weighted by Crippen LogP contribution is 2.16. The second kappa shape index (κ2) is 4.56. The first-order valence-corrected chi connectivity index (χ1v) is 4.20. The summed E-state index contributed by atoms with van der Waals surface area (Å²) in [5.74, 6) is -1.43. The quantitative estimate of drug-likeness (QED) is 0.621. The van der Waals surface area contributed by atoms with Crippen molar-refractivity contribution in [2.45, 2.75) is 6.54 Å². The number of aromatic carboxylic acids is 1. The van der Waals surface area contributed by atoms with Crippen molar-refractivity contribution in [1.82, 2.24) is 9.78 Å². The predicted octanol–water partition coefficient (Wildman–Crippen LogP) is 1.24. The minimum Gasteiger partial charge on any atom is -0.476 e. The van der Waals surface area contributed by atoms with Crippen LogP contribution in [0.25, 0.3) is 0 Å². The van der Waals surface area contributed by atoms with Crippen LogP contribution in [0.15, 0.2) is 17.8 Å². The highest BCUT2D eigenvalue weighted by atomic mass is 35.5. The van der Waals surface area contributed by atoms with Crippen LogP contribution in [-0.2, 0) is 6.54 Å². The molecule has 8 heteroatoms. The molecule has 0 unspecified atom stereocenters. The van der Waals surface area contributed by atoms with Crippen LogP contribution in [0.5, 0.6) is 0 Å². The zero-order chi connectivity index (χ0) is 11.4. The van der Waals surface area contributed by atoms with E-state index in [1.165, 1.54) is 11.6 Å². The van der Waals surface area contributed by atoms with Crippen molar-refractivity contribution in [3.05, 3.63) is 33.6 Å². The first-order chi connectivity index (χ1) is 7.06. The van der Waals surface area contributed by atoms with Crippen LogP contribution < -0.4 is 0 Å². The van der Waals surface area contributed by atoms with Gasteiger partial charge in [-0.05, 0) is 0 Å². The molecule has 0 saturated heterocycles. The van der Waals surface area contributed by atoms with Gasteiger partial charge in [-0.3, -0.25) is 14.8 Å². The van der Waals surface area contributed by atoms with Crippen molar-refractivity contribution in [3.8, 4) is 0 Å². The fraction of sp³-hybridized carbons (Fsp3) is 0.143. The molecule has 0 aliphatic heterocycles. The second-order valence-corrected chi connectivity index (χ2v) is 2.76. The van der Waals surface area contributed by atoms with E-state index in [0.717, 1.165) is 10.9 Å². The van der Waals surface area contributed by atoms with E-state index in [1.807, 2.05) is 0 Å². The van der Waals surface area contributed by atoms with Crippen molar-refractivity contribution in [2.75, 3.05) is 0 Å². The number of halogens is 1. The molecule has 1 heterocycles. The predicted molar refractivity (Wildman–Crippen MR) is 50.8 cm³/mol. The number of rotatable bonds is 4. The highest BCUT2D eigenvalue weighted by molar-refractivity contribution is 6.25. The van der Waals surface area contributed by atoms with Gasteiger partial charge in [-0.1, -0.05) is 17.7 Å². The fourth-order valence-corrected chi connectivity index (χ4v) is 1.02. The van der Waals surface area contributed by atoms with Gasteiger partial charge in [0.25, 0.3) is 0 Å². The molecule has 7 nitrogen and oxygen atoms in total. The summed E-state index contributed by atoms with van der Waals surface area (Å²) in [6, 6.07) is 0. The normalized spacial score (nSPS) is 10.7. The minimum atomic E-state index is -1.43. The second-order valence-electron chi connectivity index (χ2n) is 2.51. The summed E-state index contributed by atoms with van der Waals surface area (Å²) in [6.07, 6.45) is 2.52. The Kier molecular flexibility index (Phi) is 3.40. The summed E-state index contributed by atoms with van der Waals surface area (Å²) >= 11 is 5.25. The summed E-state index contributed by atoms with van der Waals surface area (Å²) in [5.41, 5.74) is 0.0990. The molecule has 1 rings (SSSR count). The van der Waals surface area contributed by atoms with E-state index in [2.05, 4.69) is 5.10 Å². The van der Waals surface area contributed by atoms with E-state index in [9.17, 15) is 14.9 Å². The van der Waals surface area contributed by atoms with E-state index in [1.54, 1.807) is 0 Å². The number of nitro groups is 1. The van der Waals surface area contributed by atoms with Gasteiger partial charge >= 0.3 is 11.7 Å². The number of hydrogen-bond donors (Lipinski definition) is 1. The molecule has 80 valence electrons. The maximum absolute atomic E-state index is 10.6. The van der Waals surface area contributed by atoms with E-state index in [0.29, 0.717) is 0 Å². The molecule has 0 bridgehead atoms. The lowest BCUT2D eigenvalue weighted by atomic mass is 10.4. The van der Waals surface area contributed by atoms with Crippen LogP contribution in [0.4, 0.5) is 5.69 Å². The Hall–Kier alpha value is -1.89. The SMILES string of the molecule is O=C(O)c1nn(C/C=C/Cl)cc1[N+](=O)[O-]. The van der Waals surface area contributed by atoms with E-state index >= 15 is 0 Å². The van der Waals surface area contributed by atoms with Crippen molar-refractivity contribution in [2.24, 2.45) is 0 Å². The molecule has 0 amide bonds. The zero-order valence-corrected chi connectivity index (χ0v) is 8.09. The third-order valence-corrected chi connectivity index (χ3v) is 1.70. The Morgan fingerprint density at radius 1 is 1.80 bits per heavy atom. The molecule has 1 N–H and O–H groups in total. The van der Waals surface area contributed by atoms with Gasteiger partial charge < -0.3 is 5.11 Å². The van der Waals surface area contributed by atoms with Gasteiger partial charge in [-0.2, -0.15) is 5.10 Å². The van der Waals surface area contributed by atoms with E-state index < -0.39 is 22.3 Å². The molecular formula is C7H6ClN3O4. The summed E-state index contributed by atoms with van der Waals surface area (Å²) in [7, 11) is 0. The lowest BCUT2D eigenvalue weighted by molar-refractivity contribution is -0.385. The Balaban J connectivity index is 3.09. The first kappa shape index (κ1) is 11.2. The summed E-state index contributed by atoms with van der Waals surface area (Å²) in [5, 5.41) is 22.6. The van der Waals surface area contributed by atoms with Crippen molar-refractivity contribution in [3.63, 3.8) is 0 Å². The lowest BCUT2D eigenvalue weighted by Crippen LogP contribution is -2.03. The van der Waals surface area contributed by atoms with Crippen molar-refractivity contribution in [1.29, 1.82) is 0 Å². The van der Waals surface area contributed by atoms with Crippen LogP contribution in [-0.4, -0.2) is 25.8 Å². The zero-order valence-electron chi connectivity index (χ0n) is 7.33. The number of allylic oxidation sites excluding steroid dienone is 1. The molecular weight excluding hydrogens is 226 g/mol. The number of aromatic nitrogens is 2. The molecule has 0 aromatic carbocycles. The van der Waals surface area contributed by atoms with Crippen LogP contribution in [0.1, 0.15) is 10.5 Å². The van der Waals surface area contributed by atoms with Gasteiger partial charge in [-0.25, -0.2) is 4.79 Å². The number of carboxylic acid groups (broad SMARTS) is 1. The van der Waals surface area contributed by atoms with Gasteiger partial charge in [0.05, 0.1) is 11.5 Å². The van der Waals surface area contributed by atoms with Gasteiger partial charge in [0.15, 0.2) is 0 Å². The molecule has 0 spiro atoms. The topological polar surface area (TPSA) is 98.3 Å². The molecule has 0 aliphatic rings. The highest BCUT2D eigenvalue weighted by Gasteiger charge is 2.24. The largest absolute Gasteiger partial charge is 0.476 e. The maximum Gasteiger partial charge on any atom is 0.363 e.